The summed E-state index contributed by atoms with van der Waals surface area (Å²) < 4.78 is 0. The molecule has 2 aliphatic rings. The molecule has 102 valence electrons. The zero-order valence-corrected chi connectivity index (χ0v) is 10.8. The van der Waals surface area contributed by atoms with Crippen LogP contribution in [0.2, 0.25) is 0 Å². The van der Waals surface area contributed by atoms with E-state index < -0.39 is 11.4 Å². The van der Waals surface area contributed by atoms with Crippen LogP contribution >= 0.6 is 0 Å². The summed E-state index contributed by atoms with van der Waals surface area (Å²) in [4.78, 5) is 23.1. The first-order chi connectivity index (χ1) is 8.43. The van der Waals surface area contributed by atoms with Crippen molar-refractivity contribution >= 4 is 11.9 Å². The summed E-state index contributed by atoms with van der Waals surface area (Å²) in [5.41, 5.74) is 5.08. The monoisotopic (exact) mass is 254 g/mol. The quantitative estimate of drug-likeness (QED) is 0.679. The summed E-state index contributed by atoms with van der Waals surface area (Å²) in [5.74, 6) is -0.434. The Balaban J connectivity index is 1.87. The number of carbonyl (C=O) groups excluding carboxylic acids is 1. The van der Waals surface area contributed by atoms with Gasteiger partial charge in [0.25, 0.3) is 0 Å². The SMILES string of the molecule is CC1(C(=O)O)CCCC1NC(=O)CC(N)C1CC1. The number of carboxylic acid groups (broad SMARTS) is 1. The Morgan fingerprint density at radius 1 is 1.44 bits per heavy atom. The molecule has 0 radical (unpaired) electrons. The van der Waals surface area contributed by atoms with Crippen LogP contribution in [0.15, 0.2) is 0 Å². The molecule has 0 saturated heterocycles. The molecule has 5 nitrogen and oxygen atoms in total. The lowest BCUT2D eigenvalue weighted by Crippen LogP contribution is -2.48. The number of hydrogen-bond donors (Lipinski definition) is 3. The molecule has 3 unspecified atom stereocenters. The number of carboxylic acids is 1. The highest BCUT2D eigenvalue weighted by Gasteiger charge is 2.46. The van der Waals surface area contributed by atoms with Gasteiger partial charge in [-0.25, -0.2) is 0 Å². The molecule has 0 aliphatic heterocycles. The molecule has 0 aromatic carbocycles. The van der Waals surface area contributed by atoms with Gasteiger partial charge in [-0.05, 0) is 38.5 Å². The fourth-order valence-corrected chi connectivity index (χ4v) is 2.81. The average Bonchev–Trinajstić information content (AvgIpc) is 3.06. The third-order valence-corrected chi connectivity index (χ3v) is 4.43. The minimum atomic E-state index is -0.822. The molecule has 18 heavy (non-hydrogen) atoms. The van der Waals surface area contributed by atoms with E-state index in [2.05, 4.69) is 5.32 Å². The van der Waals surface area contributed by atoms with E-state index in [0.717, 1.165) is 25.7 Å². The van der Waals surface area contributed by atoms with Crippen molar-refractivity contribution in [2.75, 3.05) is 0 Å². The molecule has 0 aromatic heterocycles. The van der Waals surface area contributed by atoms with Crippen molar-refractivity contribution in [3.63, 3.8) is 0 Å². The van der Waals surface area contributed by atoms with E-state index >= 15 is 0 Å². The fourth-order valence-electron chi connectivity index (χ4n) is 2.81. The predicted octanol–water partition coefficient (Wildman–Crippen LogP) is 0.873. The molecule has 2 saturated carbocycles. The van der Waals surface area contributed by atoms with Gasteiger partial charge < -0.3 is 16.2 Å². The van der Waals surface area contributed by atoms with Gasteiger partial charge in [-0.2, -0.15) is 0 Å². The first-order valence-corrected chi connectivity index (χ1v) is 6.72. The first-order valence-electron chi connectivity index (χ1n) is 6.72. The van der Waals surface area contributed by atoms with Crippen molar-refractivity contribution in [2.45, 2.75) is 57.5 Å². The van der Waals surface area contributed by atoms with Crippen molar-refractivity contribution in [2.24, 2.45) is 17.1 Å². The normalized spacial score (nSPS) is 33.1. The van der Waals surface area contributed by atoms with Crippen LogP contribution in [-0.4, -0.2) is 29.1 Å². The highest BCUT2D eigenvalue weighted by molar-refractivity contribution is 5.80. The third kappa shape index (κ3) is 2.66. The van der Waals surface area contributed by atoms with Crippen LogP contribution in [-0.2, 0) is 9.59 Å². The van der Waals surface area contributed by atoms with Crippen LogP contribution in [0.3, 0.4) is 0 Å². The number of aliphatic carboxylic acids is 1. The summed E-state index contributed by atoms with van der Waals surface area (Å²) in [6.07, 6.45) is 4.77. The van der Waals surface area contributed by atoms with E-state index in [9.17, 15) is 14.7 Å². The molecule has 4 N–H and O–H groups in total. The lowest BCUT2D eigenvalue weighted by atomic mass is 9.85. The van der Waals surface area contributed by atoms with Crippen molar-refractivity contribution in [3.8, 4) is 0 Å². The standard InChI is InChI=1S/C13H22N2O3/c1-13(12(17)18)6-2-3-10(13)15-11(16)7-9(14)8-4-5-8/h8-10H,2-7,14H2,1H3,(H,15,16)(H,17,18). The molecular formula is C13H22N2O3. The second-order valence-electron chi connectivity index (χ2n) is 5.94. The van der Waals surface area contributed by atoms with Gasteiger partial charge in [-0.15, -0.1) is 0 Å². The van der Waals surface area contributed by atoms with Crippen molar-refractivity contribution in [1.29, 1.82) is 0 Å². The Bertz CT molecular complexity index is 354. The number of carbonyl (C=O) groups is 2. The number of nitrogens with one attached hydrogen (secondary N) is 1. The molecule has 3 atom stereocenters. The summed E-state index contributed by atoms with van der Waals surface area (Å²) in [6, 6.07) is -0.323. The molecule has 2 aliphatic carbocycles. The maximum absolute atomic E-state index is 11.9. The maximum atomic E-state index is 11.9. The summed E-state index contributed by atoms with van der Waals surface area (Å²) >= 11 is 0. The largest absolute Gasteiger partial charge is 0.481 e. The van der Waals surface area contributed by atoms with Gasteiger partial charge in [0.2, 0.25) is 5.91 Å². The molecule has 2 rings (SSSR count). The predicted molar refractivity (Wildman–Crippen MR) is 66.8 cm³/mol. The van der Waals surface area contributed by atoms with Crippen LogP contribution in [0.5, 0.6) is 0 Å². The lowest BCUT2D eigenvalue weighted by Gasteiger charge is -2.28. The van der Waals surface area contributed by atoms with Crippen LogP contribution in [0.1, 0.15) is 45.4 Å². The zero-order chi connectivity index (χ0) is 13.3. The zero-order valence-electron chi connectivity index (χ0n) is 10.8. The molecule has 0 aromatic rings. The molecule has 0 heterocycles. The van der Waals surface area contributed by atoms with Crippen molar-refractivity contribution in [3.05, 3.63) is 0 Å². The second kappa shape index (κ2) is 4.88. The van der Waals surface area contributed by atoms with E-state index in [1.807, 2.05) is 0 Å². The molecule has 1 amide bonds. The van der Waals surface area contributed by atoms with E-state index in [4.69, 9.17) is 5.73 Å². The lowest BCUT2D eigenvalue weighted by molar-refractivity contribution is -0.149. The van der Waals surface area contributed by atoms with E-state index in [1.165, 1.54) is 0 Å². The van der Waals surface area contributed by atoms with Gasteiger partial charge in [0, 0.05) is 18.5 Å². The maximum Gasteiger partial charge on any atom is 0.311 e. The van der Waals surface area contributed by atoms with E-state index in [1.54, 1.807) is 6.92 Å². The molecular weight excluding hydrogens is 232 g/mol. The smallest absolute Gasteiger partial charge is 0.311 e. The van der Waals surface area contributed by atoms with Gasteiger partial charge in [-0.1, -0.05) is 6.42 Å². The Labute approximate surface area is 107 Å². The Kier molecular flexibility index (Phi) is 3.61. The van der Waals surface area contributed by atoms with E-state index in [0.29, 0.717) is 18.8 Å². The number of hydrogen-bond acceptors (Lipinski definition) is 3. The molecule has 0 spiro atoms. The Morgan fingerprint density at radius 2 is 2.11 bits per heavy atom. The highest BCUT2D eigenvalue weighted by atomic mass is 16.4. The minimum Gasteiger partial charge on any atom is -0.481 e. The van der Waals surface area contributed by atoms with Crippen molar-refractivity contribution < 1.29 is 14.7 Å². The van der Waals surface area contributed by atoms with Gasteiger partial charge in [-0.3, -0.25) is 9.59 Å². The minimum absolute atomic E-state index is 0.0671. The van der Waals surface area contributed by atoms with Gasteiger partial charge in [0.15, 0.2) is 0 Å². The highest BCUT2D eigenvalue weighted by Crippen LogP contribution is 2.38. The Morgan fingerprint density at radius 3 is 2.67 bits per heavy atom. The van der Waals surface area contributed by atoms with Crippen LogP contribution in [0.25, 0.3) is 0 Å². The number of nitrogens with two attached hydrogens (primary N) is 1. The molecule has 0 bridgehead atoms. The van der Waals surface area contributed by atoms with Crippen LogP contribution < -0.4 is 11.1 Å². The van der Waals surface area contributed by atoms with Crippen LogP contribution in [0, 0.1) is 11.3 Å². The third-order valence-electron chi connectivity index (χ3n) is 4.43. The second-order valence-corrected chi connectivity index (χ2v) is 5.94. The number of amides is 1. The van der Waals surface area contributed by atoms with Crippen molar-refractivity contribution in [1.82, 2.24) is 5.32 Å². The van der Waals surface area contributed by atoms with Gasteiger partial charge >= 0.3 is 5.97 Å². The van der Waals surface area contributed by atoms with E-state index in [-0.39, 0.29) is 18.0 Å². The first kappa shape index (κ1) is 13.3. The Hall–Kier alpha value is -1.10. The molecule has 2 fully saturated rings. The summed E-state index contributed by atoms with van der Waals surface area (Å²) in [6.45, 7) is 1.72. The van der Waals surface area contributed by atoms with Gasteiger partial charge in [0.1, 0.15) is 0 Å². The summed E-state index contributed by atoms with van der Waals surface area (Å²) in [7, 11) is 0. The molecule has 5 heteroatoms. The van der Waals surface area contributed by atoms with Crippen LogP contribution in [0.4, 0.5) is 0 Å². The van der Waals surface area contributed by atoms with Gasteiger partial charge in [0.05, 0.1) is 5.41 Å². The fraction of sp³-hybridized carbons (Fsp3) is 0.846. The number of rotatable bonds is 5. The topological polar surface area (TPSA) is 92.4 Å². The summed E-state index contributed by atoms with van der Waals surface area (Å²) in [5, 5.41) is 12.1. The average molecular weight is 254 g/mol.